The van der Waals surface area contributed by atoms with Gasteiger partial charge in [-0.1, -0.05) is 108 Å². The molecule has 0 radical (unpaired) electrons. The Morgan fingerprint density at radius 2 is 1.37 bits per heavy atom. The Balaban J connectivity index is 1.61. The lowest BCUT2D eigenvalue weighted by molar-refractivity contribution is 0.815. The molecule has 4 nitrogen and oxygen atoms in total. The fourth-order valence-corrected chi connectivity index (χ4v) is 5.67. The Morgan fingerprint density at radius 1 is 0.771 bits per heavy atom. The van der Waals surface area contributed by atoms with Gasteiger partial charge in [-0.3, -0.25) is 9.36 Å². The molecule has 1 N–H and O–H groups in total. The molecule has 0 amide bonds. The zero-order valence-corrected chi connectivity index (χ0v) is 20.0. The van der Waals surface area contributed by atoms with Crippen LogP contribution in [-0.2, 0) is 0 Å². The van der Waals surface area contributed by atoms with Crippen molar-refractivity contribution < 1.29 is 0 Å². The molecule has 4 aromatic carbocycles. The number of aryl methyl sites for hydroxylation is 1. The molecule has 6 aromatic rings. The van der Waals surface area contributed by atoms with Gasteiger partial charge in [0.25, 0.3) is 5.56 Å². The van der Waals surface area contributed by atoms with Crippen LogP contribution in [0.2, 0.25) is 0 Å². The summed E-state index contributed by atoms with van der Waals surface area (Å²) in [6, 6.07) is 36.7. The fraction of sp³-hybridized carbons (Fsp3) is 0.0667. The van der Waals surface area contributed by atoms with Gasteiger partial charge in [0.2, 0.25) is 0 Å². The smallest absolute Gasteiger partial charge is 0.283 e. The number of benzene rings is 4. The van der Waals surface area contributed by atoms with Crippen molar-refractivity contribution in [1.82, 2.24) is 14.5 Å². The number of thioether (sulfide) groups is 1. The van der Waals surface area contributed by atoms with E-state index in [0.29, 0.717) is 16.2 Å². The van der Waals surface area contributed by atoms with E-state index in [0.717, 1.165) is 33.3 Å². The first-order chi connectivity index (χ1) is 17.2. The van der Waals surface area contributed by atoms with Gasteiger partial charge in [0.15, 0.2) is 5.16 Å². The summed E-state index contributed by atoms with van der Waals surface area (Å²) in [7, 11) is 0. The molecule has 2 aromatic heterocycles. The van der Waals surface area contributed by atoms with Crippen LogP contribution in [0.3, 0.4) is 0 Å². The molecule has 0 aliphatic rings. The standard InChI is InChI=1S/C30H23N3OS/c1-20-16-18-23(19-17-20)33-29(34)27-26(24-14-8-9-15-25(24)31-27)32-30(33)35-28(21-10-4-2-5-11-21)22-12-6-3-7-13-22/h2-19,28,31H,1H3. The van der Waals surface area contributed by atoms with E-state index in [2.05, 4.69) is 53.5 Å². The summed E-state index contributed by atoms with van der Waals surface area (Å²) in [5.41, 5.74) is 6.30. The van der Waals surface area contributed by atoms with Crippen LogP contribution in [0.15, 0.2) is 119 Å². The lowest BCUT2D eigenvalue weighted by atomic mass is 10.0. The molecule has 6 rings (SSSR count). The third-order valence-electron chi connectivity index (χ3n) is 6.21. The molecule has 0 fully saturated rings. The third kappa shape index (κ3) is 3.94. The van der Waals surface area contributed by atoms with E-state index in [1.807, 2.05) is 67.6 Å². The van der Waals surface area contributed by atoms with Crippen LogP contribution >= 0.6 is 11.8 Å². The number of nitrogens with one attached hydrogen (secondary N) is 1. The number of rotatable bonds is 5. The largest absolute Gasteiger partial charge is 0.349 e. The predicted molar refractivity (Wildman–Crippen MR) is 145 cm³/mol. The van der Waals surface area contributed by atoms with Crippen LogP contribution in [0.25, 0.3) is 27.6 Å². The lowest BCUT2D eigenvalue weighted by Gasteiger charge is -2.20. The minimum Gasteiger partial charge on any atom is -0.349 e. The first-order valence-electron chi connectivity index (χ1n) is 11.6. The van der Waals surface area contributed by atoms with Crippen LogP contribution in [-0.4, -0.2) is 14.5 Å². The van der Waals surface area contributed by atoms with Crippen molar-refractivity contribution in [1.29, 1.82) is 0 Å². The second kappa shape index (κ2) is 8.93. The van der Waals surface area contributed by atoms with Crippen LogP contribution in [0.4, 0.5) is 0 Å². The van der Waals surface area contributed by atoms with Crippen molar-refractivity contribution in [2.75, 3.05) is 0 Å². The van der Waals surface area contributed by atoms with Gasteiger partial charge in [0, 0.05) is 10.9 Å². The number of fused-ring (bicyclic) bond motifs is 3. The second-order valence-corrected chi connectivity index (χ2v) is 9.66. The molecule has 0 bridgehead atoms. The number of aromatic nitrogens is 3. The van der Waals surface area contributed by atoms with Gasteiger partial charge in [-0.25, -0.2) is 4.98 Å². The molecule has 2 heterocycles. The summed E-state index contributed by atoms with van der Waals surface area (Å²) in [5.74, 6) is 0. The number of H-pyrrole nitrogens is 1. The highest BCUT2D eigenvalue weighted by Gasteiger charge is 2.22. The van der Waals surface area contributed by atoms with Gasteiger partial charge in [-0.2, -0.15) is 0 Å². The van der Waals surface area contributed by atoms with Crippen molar-refractivity contribution >= 4 is 33.7 Å². The van der Waals surface area contributed by atoms with Crippen LogP contribution < -0.4 is 5.56 Å². The molecule has 0 aliphatic heterocycles. The van der Waals surface area contributed by atoms with E-state index in [1.54, 1.807) is 16.3 Å². The van der Waals surface area contributed by atoms with Crippen LogP contribution in [0.5, 0.6) is 0 Å². The topological polar surface area (TPSA) is 50.7 Å². The second-order valence-electron chi connectivity index (χ2n) is 8.58. The third-order valence-corrected chi connectivity index (χ3v) is 7.48. The highest BCUT2D eigenvalue weighted by atomic mass is 32.2. The fourth-order valence-electron chi connectivity index (χ4n) is 4.43. The highest BCUT2D eigenvalue weighted by Crippen LogP contribution is 2.40. The number of hydrogen-bond acceptors (Lipinski definition) is 3. The minimum atomic E-state index is -0.0996. The number of aromatic amines is 1. The van der Waals surface area contributed by atoms with Gasteiger partial charge in [0.05, 0.1) is 10.9 Å². The molecule has 0 spiro atoms. The van der Waals surface area contributed by atoms with Gasteiger partial charge in [0.1, 0.15) is 11.0 Å². The van der Waals surface area contributed by atoms with Gasteiger partial charge in [-0.15, -0.1) is 0 Å². The molecule has 0 saturated carbocycles. The summed E-state index contributed by atoms with van der Waals surface area (Å²) in [6.07, 6.45) is 0. The van der Waals surface area contributed by atoms with Gasteiger partial charge in [-0.05, 0) is 36.2 Å². The number of nitrogens with zero attached hydrogens (tertiary/aromatic N) is 2. The molecule has 0 unspecified atom stereocenters. The molecule has 0 saturated heterocycles. The molecule has 170 valence electrons. The monoisotopic (exact) mass is 473 g/mol. The maximum atomic E-state index is 13.9. The van der Waals surface area contributed by atoms with E-state index in [1.165, 1.54) is 0 Å². The Hall–Kier alpha value is -4.09. The highest BCUT2D eigenvalue weighted by molar-refractivity contribution is 7.99. The van der Waals surface area contributed by atoms with Crippen molar-refractivity contribution in [3.63, 3.8) is 0 Å². The van der Waals surface area contributed by atoms with Crippen molar-refractivity contribution in [3.8, 4) is 5.69 Å². The van der Waals surface area contributed by atoms with Crippen molar-refractivity contribution in [2.24, 2.45) is 0 Å². The SMILES string of the molecule is Cc1ccc(-n2c(SC(c3ccccc3)c3ccccc3)nc3c([nH]c4ccccc43)c2=O)cc1. The molecular formula is C30H23N3OS. The Kier molecular flexibility index (Phi) is 5.47. The Labute approximate surface area is 207 Å². The number of hydrogen-bond donors (Lipinski definition) is 1. The van der Waals surface area contributed by atoms with E-state index < -0.39 is 0 Å². The first-order valence-corrected chi connectivity index (χ1v) is 12.4. The van der Waals surface area contributed by atoms with E-state index in [-0.39, 0.29) is 10.8 Å². The molecule has 0 aliphatic carbocycles. The van der Waals surface area contributed by atoms with Crippen LogP contribution in [0, 0.1) is 6.92 Å². The average Bonchev–Trinajstić information content (AvgIpc) is 3.28. The van der Waals surface area contributed by atoms with Gasteiger partial charge < -0.3 is 4.98 Å². The Bertz CT molecular complexity index is 1650. The molecular weight excluding hydrogens is 450 g/mol. The van der Waals surface area contributed by atoms with Crippen LogP contribution in [0.1, 0.15) is 21.9 Å². The maximum Gasteiger partial charge on any atom is 0.283 e. The molecule has 0 atom stereocenters. The van der Waals surface area contributed by atoms with Crippen molar-refractivity contribution in [3.05, 3.63) is 136 Å². The predicted octanol–water partition coefficient (Wildman–Crippen LogP) is 7.06. The van der Waals surface area contributed by atoms with E-state index in [9.17, 15) is 4.79 Å². The first kappa shape index (κ1) is 21.4. The summed E-state index contributed by atoms with van der Waals surface area (Å²) in [6.45, 7) is 2.04. The summed E-state index contributed by atoms with van der Waals surface area (Å²) in [4.78, 5) is 22.4. The molecule has 5 heteroatoms. The van der Waals surface area contributed by atoms with Gasteiger partial charge >= 0.3 is 0 Å². The molecule has 35 heavy (non-hydrogen) atoms. The van der Waals surface area contributed by atoms with E-state index in [4.69, 9.17) is 4.98 Å². The summed E-state index contributed by atoms with van der Waals surface area (Å²) < 4.78 is 1.74. The summed E-state index contributed by atoms with van der Waals surface area (Å²) >= 11 is 1.60. The number of para-hydroxylation sites is 1. The van der Waals surface area contributed by atoms with Crippen molar-refractivity contribution in [2.45, 2.75) is 17.3 Å². The van der Waals surface area contributed by atoms with E-state index >= 15 is 0 Å². The maximum absolute atomic E-state index is 13.9. The average molecular weight is 474 g/mol. The normalized spacial score (nSPS) is 11.5. The summed E-state index contributed by atoms with van der Waals surface area (Å²) in [5, 5.41) is 1.59. The Morgan fingerprint density at radius 3 is 2.03 bits per heavy atom. The lowest BCUT2D eigenvalue weighted by Crippen LogP contribution is -2.22. The zero-order valence-electron chi connectivity index (χ0n) is 19.2. The minimum absolute atomic E-state index is 0.0244. The quantitative estimate of drug-likeness (QED) is 0.215. The zero-order chi connectivity index (χ0) is 23.8.